The average Bonchev–Trinajstić information content (AvgIpc) is 2.55. The number of hydrogen-bond donors (Lipinski definition) is 1. The molecule has 128 valence electrons. The van der Waals surface area contributed by atoms with Crippen molar-refractivity contribution in [2.75, 3.05) is 33.2 Å². The Morgan fingerprint density at radius 3 is 2.39 bits per heavy atom. The molecule has 1 aromatic carbocycles. The number of hydrogen-bond acceptors (Lipinski definition) is 4. The Hall–Kier alpha value is -0.860. The number of nitrogens with zero attached hydrogens (tertiary/aromatic N) is 2. The summed E-state index contributed by atoms with van der Waals surface area (Å²) in [6, 6.07) is 4.09. The molecule has 0 radical (unpaired) electrons. The van der Waals surface area contributed by atoms with E-state index >= 15 is 0 Å². The number of piperazine rings is 1. The zero-order valence-electron chi connectivity index (χ0n) is 12.9. The van der Waals surface area contributed by atoms with Gasteiger partial charge in [0.2, 0.25) is 15.9 Å². The first-order valence-corrected chi connectivity index (χ1v) is 9.38. The van der Waals surface area contributed by atoms with Gasteiger partial charge in [-0.1, -0.05) is 23.2 Å². The van der Waals surface area contributed by atoms with Crippen molar-refractivity contribution in [2.45, 2.75) is 17.9 Å². The van der Waals surface area contributed by atoms with E-state index in [-0.39, 0.29) is 21.9 Å². The van der Waals surface area contributed by atoms with Crippen molar-refractivity contribution in [3.8, 4) is 0 Å². The highest BCUT2D eigenvalue weighted by atomic mass is 35.5. The summed E-state index contributed by atoms with van der Waals surface area (Å²) >= 11 is 11.9. The number of carbonyl (C=O) groups excluding carboxylic acids is 1. The molecular formula is C14H19Cl2N3O3S. The van der Waals surface area contributed by atoms with Crippen LogP contribution < -0.4 is 5.32 Å². The molecule has 1 aliphatic heterocycles. The topological polar surface area (TPSA) is 69.7 Å². The van der Waals surface area contributed by atoms with Crippen LogP contribution in [-0.4, -0.2) is 62.8 Å². The third kappa shape index (κ3) is 3.97. The Morgan fingerprint density at radius 2 is 1.83 bits per heavy atom. The summed E-state index contributed by atoms with van der Waals surface area (Å²) in [5.74, 6) is -0.0841. The highest BCUT2D eigenvalue weighted by Gasteiger charge is 2.32. The van der Waals surface area contributed by atoms with Crippen LogP contribution in [0.2, 0.25) is 10.0 Å². The molecular weight excluding hydrogens is 361 g/mol. The minimum atomic E-state index is -3.70. The van der Waals surface area contributed by atoms with Crippen LogP contribution in [-0.2, 0) is 14.8 Å². The summed E-state index contributed by atoms with van der Waals surface area (Å²) in [4.78, 5) is 13.6. The van der Waals surface area contributed by atoms with Crippen LogP contribution in [0.5, 0.6) is 0 Å². The molecule has 1 aromatic rings. The van der Waals surface area contributed by atoms with E-state index in [1.165, 1.54) is 16.4 Å². The van der Waals surface area contributed by atoms with Crippen molar-refractivity contribution in [3.05, 3.63) is 28.2 Å². The Bertz CT molecular complexity index is 689. The molecule has 0 bridgehead atoms. The molecule has 0 spiro atoms. The SMILES string of the molecule is CNC(=O)[C@H](C)N1CCN(S(=O)(=O)c2cc(Cl)ccc2Cl)CC1. The molecule has 23 heavy (non-hydrogen) atoms. The molecule has 6 nitrogen and oxygen atoms in total. The van der Waals surface area contributed by atoms with Gasteiger partial charge in [0.25, 0.3) is 0 Å². The second-order valence-electron chi connectivity index (χ2n) is 5.31. The van der Waals surface area contributed by atoms with Gasteiger partial charge < -0.3 is 5.32 Å². The van der Waals surface area contributed by atoms with Crippen LogP contribution >= 0.6 is 23.2 Å². The third-order valence-electron chi connectivity index (χ3n) is 3.96. The number of benzene rings is 1. The highest BCUT2D eigenvalue weighted by molar-refractivity contribution is 7.89. The fraction of sp³-hybridized carbons (Fsp3) is 0.500. The van der Waals surface area contributed by atoms with Gasteiger partial charge in [0.1, 0.15) is 4.90 Å². The minimum Gasteiger partial charge on any atom is -0.358 e. The molecule has 1 heterocycles. The molecule has 9 heteroatoms. The highest BCUT2D eigenvalue weighted by Crippen LogP contribution is 2.28. The zero-order valence-corrected chi connectivity index (χ0v) is 15.2. The second kappa shape index (κ2) is 7.36. The third-order valence-corrected chi connectivity index (χ3v) is 6.57. The van der Waals surface area contributed by atoms with Gasteiger partial charge in [-0.2, -0.15) is 4.31 Å². The number of nitrogens with one attached hydrogen (secondary N) is 1. The molecule has 1 N–H and O–H groups in total. The molecule has 1 saturated heterocycles. The standard InChI is InChI=1S/C14H19Cl2N3O3S/c1-10(14(20)17-2)18-5-7-19(8-6-18)23(21,22)13-9-11(15)3-4-12(13)16/h3-4,9-10H,5-8H2,1-2H3,(H,17,20)/t10-/m0/s1. The van der Waals surface area contributed by atoms with Crippen LogP contribution in [0.4, 0.5) is 0 Å². The summed E-state index contributed by atoms with van der Waals surface area (Å²) in [7, 11) is -2.12. The van der Waals surface area contributed by atoms with Crippen molar-refractivity contribution in [1.82, 2.24) is 14.5 Å². The lowest BCUT2D eigenvalue weighted by Gasteiger charge is -2.36. The first-order valence-electron chi connectivity index (χ1n) is 7.18. The quantitative estimate of drug-likeness (QED) is 0.858. The van der Waals surface area contributed by atoms with E-state index in [1.807, 2.05) is 4.90 Å². The fourth-order valence-corrected chi connectivity index (χ4v) is 4.68. The predicted octanol–water partition coefficient (Wildman–Crippen LogP) is 1.43. The van der Waals surface area contributed by atoms with Crippen molar-refractivity contribution in [1.29, 1.82) is 0 Å². The van der Waals surface area contributed by atoms with Crippen LogP contribution in [0.25, 0.3) is 0 Å². The summed E-state index contributed by atoms with van der Waals surface area (Å²) in [6.07, 6.45) is 0. The average molecular weight is 380 g/mol. The fourth-order valence-electron chi connectivity index (χ4n) is 2.52. The number of sulfonamides is 1. The van der Waals surface area contributed by atoms with E-state index in [0.29, 0.717) is 31.2 Å². The number of amides is 1. The van der Waals surface area contributed by atoms with Crippen LogP contribution in [0, 0.1) is 0 Å². The van der Waals surface area contributed by atoms with Gasteiger partial charge in [-0.15, -0.1) is 0 Å². The van der Waals surface area contributed by atoms with Gasteiger partial charge in [-0.05, 0) is 25.1 Å². The number of carbonyl (C=O) groups is 1. The van der Waals surface area contributed by atoms with Crippen molar-refractivity contribution in [2.24, 2.45) is 0 Å². The summed E-state index contributed by atoms with van der Waals surface area (Å²) in [5, 5.41) is 3.07. The van der Waals surface area contributed by atoms with Crippen molar-refractivity contribution < 1.29 is 13.2 Å². The second-order valence-corrected chi connectivity index (χ2v) is 8.06. The Morgan fingerprint density at radius 1 is 1.22 bits per heavy atom. The number of likely N-dealkylation sites (N-methyl/N-ethyl adjacent to an activating group) is 1. The Balaban J connectivity index is 2.13. The van der Waals surface area contributed by atoms with Gasteiger partial charge in [0, 0.05) is 38.2 Å². The lowest BCUT2D eigenvalue weighted by molar-refractivity contribution is -0.125. The molecule has 1 amide bonds. The van der Waals surface area contributed by atoms with Crippen molar-refractivity contribution in [3.63, 3.8) is 0 Å². The Labute approximate surface area is 146 Å². The largest absolute Gasteiger partial charge is 0.358 e. The van der Waals surface area contributed by atoms with E-state index in [2.05, 4.69) is 5.32 Å². The Kier molecular flexibility index (Phi) is 5.91. The van der Waals surface area contributed by atoms with Gasteiger partial charge in [-0.3, -0.25) is 9.69 Å². The number of rotatable bonds is 4. The van der Waals surface area contributed by atoms with Crippen LogP contribution in [0.3, 0.4) is 0 Å². The van der Waals surface area contributed by atoms with Crippen LogP contribution in [0.1, 0.15) is 6.92 Å². The van der Waals surface area contributed by atoms with E-state index in [4.69, 9.17) is 23.2 Å². The molecule has 1 atom stereocenters. The smallest absolute Gasteiger partial charge is 0.244 e. The lowest BCUT2D eigenvalue weighted by atomic mass is 10.2. The molecule has 2 rings (SSSR count). The minimum absolute atomic E-state index is 0.0134. The van der Waals surface area contributed by atoms with Gasteiger partial charge in [0.05, 0.1) is 11.1 Å². The molecule has 0 aromatic heterocycles. The first-order chi connectivity index (χ1) is 10.8. The number of halogens is 2. The summed E-state index contributed by atoms with van der Waals surface area (Å²) < 4.78 is 26.8. The molecule has 1 fully saturated rings. The molecule has 0 saturated carbocycles. The molecule has 0 unspecified atom stereocenters. The maximum atomic E-state index is 12.7. The maximum absolute atomic E-state index is 12.7. The predicted molar refractivity (Wildman–Crippen MR) is 90.3 cm³/mol. The van der Waals surface area contributed by atoms with E-state index in [1.54, 1.807) is 20.0 Å². The monoisotopic (exact) mass is 379 g/mol. The first kappa shape index (κ1) is 18.5. The lowest BCUT2D eigenvalue weighted by Crippen LogP contribution is -2.54. The molecule has 1 aliphatic rings. The van der Waals surface area contributed by atoms with E-state index in [0.717, 1.165) is 0 Å². The summed E-state index contributed by atoms with van der Waals surface area (Å²) in [5.41, 5.74) is 0. The maximum Gasteiger partial charge on any atom is 0.244 e. The van der Waals surface area contributed by atoms with Gasteiger partial charge >= 0.3 is 0 Å². The van der Waals surface area contributed by atoms with Gasteiger partial charge in [-0.25, -0.2) is 8.42 Å². The van der Waals surface area contributed by atoms with E-state index in [9.17, 15) is 13.2 Å². The van der Waals surface area contributed by atoms with E-state index < -0.39 is 10.0 Å². The molecule has 0 aliphatic carbocycles. The normalized spacial score (nSPS) is 18.6. The van der Waals surface area contributed by atoms with Gasteiger partial charge in [0.15, 0.2) is 0 Å². The summed E-state index contributed by atoms with van der Waals surface area (Å²) in [6.45, 7) is 3.36. The zero-order chi connectivity index (χ0) is 17.2. The van der Waals surface area contributed by atoms with Crippen molar-refractivity contribution >= 4 is 39.1 Å². The van der Waals surface area contributed by atoms with Crippen LogP contribution in [0.15, 0.2) is 23.1 Å².